The Morgan fingerprint density at radius 1 is 1.32 bits per heavy atom. The summed E-state index contributed by atoms with van der Waals surface area (Å²) in [7, 11) is 1.60. The van der Waals surface area contributed by atoms with Crippen molar-refractivity contribution in [2.24, 2.45) is 0 Å². The van der Waals surface area contributed by atoms with Crippen LogP contribution in [0.4, 0.5) is 5.82 Å². The lowest BCUT2D eigenvalue weighted by molar-refractivity contribution is 0.0697. The Balaban J connectivity index is 2.17. The molecule has 0 unspecified atom stereocenters. The summed E-state index contributed by atoms with van der Waals surface area (Å²) in [5.74, 6) is 0.0966. The summed E-state index contributed by atoms with van der Waals surface area (Å²) in [5, 5.41) is 12.1. The lowest BCUT2D eigenvalue weighted by Crippen LogP contribution is -2.08. The van der Waals surface area contributed by atoms with Gasteiger partial charge in [-0.1, -0.05) is 18.2 Å². The molecule has 98 valence electrons. The van der Waals surface area contributed by atoms with Crippen molar-refractivity contribution in [1.82, 2.24) is 4.98 Å². The summed E-state index contributed by atoms with van der Waals surface area (Å²) in [4.78, 5) is 15.1. The lowest BCUT2D eigenvalue weighted by atomic mass is 10.2. The minimum absolute atomic E-state index is 0.150. The number of carboxylic acids is 1. The molecule has 5 nitrogen and oxygen atoms in total. The highest BCUT2D eigenvalue weighted by Crippen LogP contribution is 2.19. The van der Waals surface area contributed by atoms with Crippen molar-refractivity contribution in [3.8, 4) is 5.75 Å². The molecule has 0 fully saturated rings. The molecule has 19 heavy (non-hydrogen) atoms. The molecule has 0 radical (unpaired) electrons. The number of anilines is 1. The quantitative estimate of drug-likeness (QED) is 0.861. The van der Waals surface area contributed by atoms with Gasteiger partial charge in [0.25, 0.3) is 0 Å². The number of nitrogens with one attached hydrogen (secondary N) is 1. The van der Waals surface area contributed by atoms with Crippen LogP contribution in [-0.2, 0) is 6.54 Å². The van der Waals surface area contributed by atoms with Gasteiger partial charge in [-0.05, 0) is 18.2 Å². The van der Waals surface area contributed by atoms with Gasteiger partial charge >= 0.3 is 5.97 Å². The number of pyridine rings is 1. The molecule has 0 spiro atoms. The Morgan fingerprint density at radius 3 is 2.84 bits per heavy atom. The first-order valence-electron chi connectivity index (χ1n) is 5.76. The van der Waals surface area contributed by atoms with Crippen molar-refractivity contribution in [3.63, 3.8) is 0 Å². The lowest BCUT2D eigenvalue weighted by Gasteiger charge is -2.11. The van der Waals surface area contributed by atoms with Crippen LogP contribution in [0.15, 0.2) is 42.6 Å². The van der Waals surface area contributed by atoms with Crippen molar-refractivity contribution >= 4 is 11.8 Å². The summed E-state index contributed by atoms with van der Waals surface area (Å²) in [5.41, 5.74) is 1.09. The topological polar surface area (TPSA) is 71.5 Å². The molecule has 0 aliphatic carbocycles. The van der Waals surface area contributed by atoms with Crippen molar-refractivity contribution in [2.75, 3.05) is 12.4 Å². The second-order valence-electron chi connectivity index (χ2n) is 3.87. The number of aromatic nitrogens is 1. The zero-order valence-electron chi connectivity index (χ0n) is 10.5. The fraction of sp³-hybridized carbons (Fsp3) is 0.143. The maximum absolute atomic E-state index is 11.1. The number of carboxylic acid groups (broad SMARTS) is 1. The normalized spacial score (nSPS) is 9.95. The van der Waals surface area contributed by atoms with Crippen LogP contribution >= 0.6 is 0 Å². The molecule has 2 aromatic rings. The van der Waals surface area contributed by atoms with Gasteiger partial charge in [-0.15, -0.1) is 0 Å². The molecule has 0 bridgehead atoms. The third-order valence-electron chi connectivity index (χ3n) is 2.68. The van der Waals surface area contributed by atoms with Gasteiger partial charge < -0.3 is 15.2 Å². The van der Waals surface area contributed by atoms with Crippen LogP contribution in [0.25, 0.3) is 0 Å². The Kier molecular flexibility index (Phi) is 3.97. The molecule has 1 aromatic carbocycles. The summed E-state index contributed by atoms with van der Waals surface area (Å²) in [6, 6.07) is 10.7. The van der Waals surface area contributed by atoms with Crippen LogP contribution in [0, 0.1) is 0 Å². The highest BCUT2D eigenvalue weighted by Gasteiger charge is 2.10. The predicted octanol–water partition coefficient (Wildman–Crippen LogP) is 2.40. The second kappa shape index (κ2) is 5.86. The number of hydrogen-bond donors (Lipinski definition) is 2. The van der Waals surface area contributed by atoms with E-state index in [1.165, 1.54) is 6.07 Å². The van der Waals surface area contributed by atoms with Crippen LogP contribution in [0.3, 0.4) is 0 Å². The minimum Gasteiger partial charge on any atom is -0.496 e. The number of methoxy groups -OCH3 is 1. The van der Waals surface area contributed by atoms with Crippen molar-refractivity contribution in [2.45, 2.75) is 6.54 Å². The van der Waals surface area contributed by atoms with E-state index in [4.69, 9.17) is 9.84 Å². The average Bonchev–Trinajstić information content (AvgIpc) is 2.45. The molecule has 0 saturated carbocycles. The molecule has 1 heterocycles. The number of nitrogens with zero attached hydrogens (tertiary/aromatic N) is 1. The van der Waals surface area contributed by atoms with Gasteiger partial charge in [-0.2, -0.15) is 0 Å². The van der Waals surface area contributed by atoms with Crippen LogP contribution in [-0.4, -0.2) is 23.2 Å². The van der Waals surface area contributed by atoms with Gasteiger partial charge in [-0.25, -0.2) is 9.78 Å². The van der Waals surface area contributed by atoms with Gasteiger partial charge in [0.1, 0.15) is 17.1 Å². The monoisotopic (exact) mass is 258 g/mol. The van der Waals surface area contributed by atoms with E-state index in [1.54, 1.807) is 19.4 Å². The van der Waals surface area contributed by atoms with E-state index in [0.29, 0.717) is 12.4 Å². The molecule has 5 heteroatoms. The molecule has 1 aromatic heterocycles. The zero-order valence-corrected chi connectivity index (χ0v) is 10.5. The largest absolute Gasteiger partial charge is 0.496 e. The first-order chi connectivity index (χ1) is 9.22. The van der Waals surface area contributed by atoms with Gasteiger partial charge in [0.15, 0.2) is 0 Å². The Labute approximate surface area is 110 Å². The fourth-order valence-corrected chi connectivity index (χ4v) is 1.75. The van der Waals surface area contributed by atoms with Crippen molar-refractivity contribution < 1.29 is 14.6 Å². The standard InChI is InChI=1S/C14H14N2O3/c1-19-12-7-3-2-5-10(12)9-16-13-11(14(17)18)6-4-8-15-13/h2-8H,9H2,1H3,(H,15,16)(H,17,18). The summed E-state index contributed by atoms with van der Waals surface area (Å²) in [6.07, 6.45) is 1.55. The van der Waals surface area contributed by atoms with Gasteiger partial charge in [0.2, 0.25) is 0 Å². The molecular formula is C14H14N2O3. The number of carbonyl (C=O) groups is 1. The fourth-order valence-electron chi connectivity index (χ4n) is 1.75. The van der Waals surface area contributed by atoms with E-state index in [9.17, 15) is 4.79 Å². The zero-order chi connectivity index (χ0) is 13.7. The first kappa shape index (κ1) is 12.9. The van der Waals surface area contributed by atoms with E-state index >= 15 is 0 Å². The number of rotatable bonds is 5. The van der Waals surface area contributed by atoms with Crippen molar-refractivity contribution in [1.29, 1.82) is 0 Å². The van der Waals surface area contributed by atoms with Crippen LogP contribution < -0.4 is 10.1 Å². The Hall–Kier alpha value is -2.56. The Morgan fingerprint density at radius 2 is 2.11 bits per heavy atom. The number of benzene rings is 1. The maximum Gasteiger partial charge on any atom is 0.339 e. The van der Waals surface area contributed by atoms with E-state index in [-0.39, 0.29) is 5.56 Å². The molecule has 0 atom stereocenters. The van der Waals surface area contributed by atoms with Gasteiger partial charge in [0, 0.05) is 18.3 Å². The van der Waals surface area contributed by atoms with E-state index < -0.39 is 5.97 Å². The smallest absolute Gasteiger partial charge is 0.339 e. The SMILES string of the molecule is COc1ccccc1CNc1ncccc1C(=O)O. The van der Waals surface area contributed by atoms with Gasteiger partial charge in [-0.3, -0.25) is 0 Å². The van der Waals surface area contributed by atoms with Crippen LogP contribution in [0.2, 0.25) is 0 Å². The maximum atomic E-state index is 11.1. The van der Waals surface area contributed by atoms with Crippen LogP contribution in [0.1, 0.15) is 15.9 Å². The van der Waals surface area contributed by atoms with E-state index in [0.717, 1.165) is 11.3 Å². The van der Waals surface area contributed by atoms with E-state index in [2.05, 4.69) is 10.3 Å². The number of aromatic carboxylic acids is 1. The molecule has 0 aliphatic heterocycles. The Bertz CT molecular complexity index is 584. The molecule has 0 amide bonds. The number of hydrogen-bond acceptors (Lipinski definition) is 4. The number of ether oxygens (including phenoxy) is 1. The number of para-hydroxylation sites is 1. The third-order valence-corrected chi connectivity index (χ3v) is 2.68. The summed E-state index contributed by atoms with van der Waals surface area (Å²) in [6.45, 7) is 0.446. The third kappa shape index (κ3) is 3.01. The van der Waals surface area contributed by atoms with E-state index in [1.807, 2.05) is 24.3 Å². The summed E-state index contributed by atoms with van der Waals surface area (Å²) >= 11 is 0. The van der Waals surface area contributed by atoms with Crippen molar-refractivity contribution in [3.05, 3.63) is 53.7 Å². The summed E-state index contributed by atoms with van der Waals surface area (Å²) < 4.78 is 5.23. The average molecular weight is 258 g/mol. The highest BCUT2D eigenvalue weighted by molar-refractivity contribution is 5.92. The predicted molar refractivity (Wildman–Crippen MR) is 71.5 cm³/mol. The first-order valence-corrected chi connectivity index (χ1v) is 5.76. The molecular weight excluding hydrogens is 244 g/mol. The molecule has 2 N–H and O–H groups in total. The molecule has 0 saturated heterocycles. The van der Waals surface area contributed by atoms with Gasteiger partial charge in [0.05, 0.1) is 7.11 Å². The minimum atomic E-state index is -1.00. The molecule has 0 aliphatic rings. The second-order valence-corrected chi connectivity index (χ2v) is 3.87. The van der Waals surface area contributed by atoms with Crippen LogP contribution in [0.5, 0.6) is 5.75 Å². The molecule has 2 rings (SSSR count). The highest BCUT2D eigenvalue weighted by atomic mass is 16.5.